The molecule has 0 spiro atoms. The summed E-state index contributed by atoms with van der Waals surface area (Å²) in [4.78, 5) is 24.8. The summed E-state index contributed by atoms with van der Waals surface area (Å²) in [6.07, 6.45) is 11.1. The lowest BCUT2D eigenvalue weighted by Gasteiger charge is -2.57. The molecule has 0 aromatic rings. The first kappa shape index (κ1) is 20.5. The molecule has 0 aromatic heterocycles. The highest BCUT2D eigenvalue weighted by Gasteiger charge is 2.59. The van der Waals surface area contributed by atoms with Crippen LogP contribution in [0.2, 0.25) is 0 Å². The summed E-state index contributed by atoms with van der Waals surface area (Å²) < 4.78 is 0. The van der Waals surface area contributed by atoms with E-state index in [0.29, 0.717) is 28.4 Å². The van der Waals surface area contributed by atoms with Crippen LogP contribution in [0.15, 0.2) is 12.2 Å². The van der Waals surface area contributed by atoms with Gasteiger partial charge in [-0.2, -0.15) is 0 Å². The zero-order chi connectivity index (χ0) is 20.3. The van der Waals surface area contributed by atoms with Crippen molar-refractivity contribution in [2.24, 2.45) is 39.9 Å². The SMILES string of the molecule is CC(C)(C)CNC(=O)[C@H]1C[C@H]2[C@@H]3CC[C@H]4SC(=O)C=C[C@]4(C)[C@H]3CC[C@]2(C)C1. The molecule has 0 saturated heterocycles. The molecule has 4 aliphatic rings. The van der Waals surface area contributed by atoms with E-state index in [-0.39, 0.29) is 27.8 Å². The Labute approximate surface area is 174 Å². The molecule has 0 radical (unpaired) electrons. The van der Waals surface area contributed by atoms with Gasteiger partial charge in [0.1, 0.15) is 0 Å². The normalized spacial score (nSPS) is 45.2. The van der Waals surface area contributed by atoms with Crippen LogP contribution in [-0.2, 0) is 9.59 Å². The molecule has 3 nitrogen and oxygen atoms in total. The van der Waals surface area contributed by atoms with Crippen molar-refractivity contribution in [2.75, 3.05) is 6.54 Å². The average Bonchev–Trinajstić information content (AvgIpc) is 2.97. The molecular weight excluding hydrogens is 366 g/mol. The van der Waals surface area contributed by atoms with Crippen molar-refractivity contribution < 1.29 is 9.59 Å². The van der Waals surface area contributed by atoms with E-state index in [4.69, 9.17) is 0 Å². The smallest absolute Gasteiger partial charge is 0.223 e. The van der Waals surface area contributed by atoms with Gasteiger partial charge in [-0.25, -0.2) is 0 Å². The first-order valence-corrected chi connectivity index (χ1v) is 12.1. The van der Waals surface area contributed by atoms with Crippen molar-refractivity contribution in [1.29, 1.82) is 0 Å². The van der Waals surface area contributed by atoms with Gasteiger partial charge in [-0.1, -0.05) is 52.5 Å². The first-order valence-electron chi connectivity index (χ1n) is 11.2. The number of allylic oxidation sites excluding steroid dienone is 1. The number of carbonyl (C=O) groups excluding carboxylic acids is 2. The molecule has 1 aliphatic heterocycles. The standard InChI is InChI=1S/C24H37NO2S/c1-22(2,3)14-25-21(27)15-12-18-16-6-7-19-24(5,11-9-20(26)28-19)17(16)8-10-23(18,4)13-15/h9,11,15-19H,6-8,10,12-14H2,1-5H3,(H,25,27)/t15-,16+,17-,18-,19+,23+,24+/m0/s1. The summed E-state index contributed by atoms with van der Waals surface area (Å²) in [7, 11) is 0. The predicted octanol–water partition coefficient (Wildman–Crippen LogP) is 5.21. The molecule has 0 unspecified atom stereocenters. The number of fused-ring (bicyclic) bond motifs is 5. The maximum atomic E-state index is 12.9. The van der Waals surface area contributed by atoms with Crippen LogP contribution in [0.1, 0.15) is 73.1 Å². The quantitative estimate of drug-likeness (QED) is 0.689. The molecule has 1 amide bonds. The molecule has 1 N–H and O–H groups in total. The Bertz CT molecular complexity index is 695. The second-order valence-corrected chi connectivity index (χ2v) is 12.9. The van der Waals surface area contributed by atoms with Gasteiger partial charge < -0.3 is 5.32 Å². The summed E-state index contributed by atoms with van der Waals surface area (Å²) in [5.74, 6) is 2.49. The van der Waals surface area contributed by atoms with Gasteiger partial charge in [0.2, 0.25) is 11.0 Å². The third-order valence-electron chi connectivity index (χ3n) is 8.46. The highest BCUT2D eigenvalue weighted by molar-refractivity contribution is 8.14. The van der Waals surface area contributed by atoms with Crippen LogP contribution in [0, 0.1) is 39.9 Å². The van der Waals surface area contributed by atoms with Gasteiger partial charge in [0.05, 0.1) is 0 Å². The number of amides is 1. The van der Waals surface area contributed by atoms with Gasteiger partial charge in [-0.3, -0.25) is 9.59 Å². The van der Waals surface area contributed by atoms with Crippen LogP contribution < -0.4 is 5.32 Å². The van der Waals surface area contributed by atoms with E-state index >= 15 is 0 Å². The van der Waals surface area contributed by atoms with Crippen LogP contribution in [-0.4, -0.2) is 22.8 Å². The van der Waals surface area contributed by atoms with E-state index in [9.17, 15) is 9.59 Å². The van der Waals surface area contributed by atoms with Crippen molar-refractivity contribution in [3.8, 4) is 0 Å². The molecule has 3 fully saturated rings. The van der Waals surface area contributed by atoms with Crippen molar-refractivity contribution in [3.63, 3.8) is 0 Å². The number of thioether (sulfide) groups is 1. The number of carbonyl (C=O) groups is 2. The first-order chi connectivity index (χ1) is 13.0. The van der Waals surface area contributed by atoms with Gasteiger partial charge in [0.25, 0.3) is 0 Å². The summed E-state index contributed by atoms with van der Waals surface area (Å²) in [5.41, 5.74) is 0.594. The minimum absolute atomic E-state index is 0.130. The summed E-state index contributed by atoms with van der Waals surface area (Å²) in [6, 6.07) is 0. The number of hydrogen-bond acceptors (Lipinski definition) is 3. The molecule has 3 aliphatic carbocycles. The van der Waals surface area contributed by atoms with Crippen molar-refractivity contribution in [3.05, 3.63) is 12.2 Å². The molecule has 156 valence electrons. The van der Waals surface area contributed by atoms with Crippen molar-refractivity contribution in [2.45, 2.75) is 78.4 Å². The summed E-state index contributed by atoms with van der Waals surface area (Å²) >= 11 is 1.57. The summed E-state index contributed by atoms with van der Waals surface area (Å²) in [6.45, 7) is 12.1. The Kier molecular flexibility index (Phi) is 5.04. The predicted molar refractivity (Wildman–Crippen MR) is 116 cm³/mol. The topological polar surface area (TPSA) is 46.2 Å². The third-order valence-corrected chi connectivity index (χ3v) is 9.86. The lowest BCUT2D eigenvalue weighted by atomic mass is 9.50. The molecular formula is C24H37NO2S. The van der Waals surface area contributed by atoms with Crippen LogP contribution >= 0.6 is 11.8 Å². The van der Waals surface area contributed by atoms with E-state index in [1.54, 1.807) is 11.8 Å². The van der Waals surface area contributed by atoms with Crippen LogP contribution in [0.4, 0.5) is 0 Å². The highest BCUT2D eigenvalue weighted by Crippen LogP contribution is 2.65. The molecule has 0 aromatic carbocycles. The van der Waals surface area contributed by atoms with Gasteiger partial charge in [0, 0.05) is 23.1 Å². The fourth-order valence-corrected chi connectivity index (χ4v) is 8.14. The van der Waals surface area contributed by atoms with Gasteiger partial charge in [-0.15, -0.1) is 0 Å². The highest BCUT2D eigenvalue weighted by atomic mass is 32.2. The molecule has 1 heterocycles. The van der Waals surface area contributed by atoms with Gasteiger partial charge >= 0.3 is 0 Å². The molecule has 7 atom stereocenters. The van der Waals surface area contributed by atoms with Gasteiger partial charge in [-0.05, 0) is 73.2 Å². The maximum absolute atomic E-state index is 12.9. The van der Waals surface area contributed by atoms with E-state index in [0.717, 1.165) is 25.8 Å². The number of nitrogens with one attached hydrogen (secondary N) is 1. The molecule has 28 heavy (non-hydrogen) atoms. The largest absolute Gasteiger partial charge is 0.355 e. The number of hydrogen-bond donors (Lipinski definition) is 1. The van der Waals surface area contributed by atoms with Crippen molar-refractivity contribution >= 4 is 22.8 Å². The maximum Gasteiger partial charge on any atom is 0.223 e. The number of rotatable bonds is 2. The Morgan fingerprint density at radius 2 is 1.96 bits per heavy atom. The van der Waals surface area contributed by atoms with Crippen LogP contribution in [0.5, 0.6) is 0 Å². The Morgan fingerprint density at radius 3 is 2.68 bits per heavy atom. The van der Waals surface area contributed by atoms with E-state index < -0.39 is 0 Å². The Hall–Kier alpha value is -0.770. The second-order valence-electron chi connectivity index (χ2n) is 11.7. The minimum atomic E-state index is 0.130. The fraction of sp³-hybridized carbons (Fsp3) is 0.833. The average molecular weight is 404 g/mol. The van der Waals surface area contributed by atoms with Crippen LogP contribution in [0.25, 0.3) is 0 Å². The van der Waals surface area contributed by atoms with E-state index in [2.05, 4.69) is 46.0 Å². The molecule has 0 bridgehead atoms. The van der Waals surface area contributed by atoms with Crippen LogP contribution in [0.3, 0.4) is 0 Å². The van der Waals surface area contributed by atoms with Crippen molar-refractivity contribution in [1.82, 2.24) is 5.32 Å². The Balaban J connectivity index is 1.51. The zero-order valence-corrected chi connectivity index (χ0v) is 19.0. The van der Waals surface area contributed by atoms with E-state index in [1.165, 1.54) is 19.3 Å². The Morgan fingerprint density at radius 1 is 1.21 bits per heavy atom. The zero-order valence-electron chi connectivity index (χ0n) is 18.2. The summed E-state index contributed by atoms with van der Waals surface area (Å²) in [5, 5.41) is 3.91. The molecule has 4 heteroatoms. The fourth-order valence-electron chi connectivity index (χ4n) is 6.96. The monoisotopic (exact) mass is 403 g/mol. The van der Waals surface area contributed by atoms with Gasteiger partial charge in [0.15, 0.2) is 0 Å². The lowest BCUT2D eigenvalue weighted by molar-refractivity contribution is -0.125. The van der Waals surface area contributed by atoms with E-state index in [1.807, 2.05) is 6.08 Å². The lowest BCUT2D eigenvalue weighted by Crippen LogP contribution is -2.52. The second kappa shape index (κ2) is 6.89. The third kappa shape index (κ3) is 3.48. The molecule has 3 saturated carbocycles. The minimum Gasteiger partial charge on any atom is -0.355 e. The molecule has 4 rings (SSSR count).